The zero-order valence-electron chi connectivity index (χ0n) is 8.84. The predicted octanol–water partition coefficient (Wildman–Crippen LogP) is 2.92. The van der Waals surface area contributed by atoms with Gasteiger partial charge in [-0.05, 0) is 13.0 Å². The molecule has 0 aliphatic carbocycles. The second-order valence-corrected chi connectivity index (χ2v) is 3.29. The summed E-state index contributed by atoms with van der Waals surface area (Å²) >= 11 is 0. The summed E-state index contributed by atoms with van der Waals surface area (Å²) in [7, 11) is 1.28. The number of carbonyl (C=O) groups is 1. The van der Waals surface area contributed by atoms with E-state index < -0.39 is 23.6 Å². The lowest BCUT2D eigenvalue weighted by atomic mass is 10.0. The van der Waals surface area contributed by atoms with Gasteiger partial charge in [0.05, 0.1) is 5.56 Å². The first kappa shape index (κ1) is 12.7. The predicted molar refractivity (Wildman–Crippen MR) is 52.2 cm³/mol. The summed E-state index contributed by atoms with van der Waals surface area (Å²) < 4.78 is 42.5. The molecule has 2 nitrogen and oxygen atoms in total. The Morgan fingerprint density at radius 2 is 1.88 bits per heavy atom. The Morgan fingerprint density at radius 3 is 2.38 bits per heavy atom. The highest BCUT2D eigenvalue weighted by molar-refractivity contribution is 6.00. The highest BCUT2D eigenvalue weighted by Crippen LogP contribution is 2.32. The van der Waals surface area contributed by atoms with Crippen LogP contribution >= 0.6 is 0 Å². The van der Waals surface area contributed by atoms with E-state index in [2.05, 4.69) is 0 Å². The van der Waals surface area contributed by atoms with E-state index in [0.717, 1.165) is 12.1 Å². The summed E-state index contributed by atoms with van der Waals surface area (Å²) in [5.74, 6) is -0.671. The van der Waals surface area contributed by atoms with Gasteiger partial charge in [-0.3, -0.25) is 4.79 Å². The number of rotatable bonds is 3. The van der Waals surface area contributed by atoms with Gasteiger partial charge in [-0.25, -0.2) is 0 Å². The Hall–Kier alpha value is -1.36. The molecule has 0 saturated carbocycles. The van der Waals surface area contributed by atoms with Gasteiger partial charge in [0.1, 0.15) is 6.10 Å². The number of hydrogen-bond donors (Lipinski definition) is 0. The minimum absolute atomic E-state index is 0.357. The summed E-state index contributed by atoms with van der Waals surface area (Å²) in [6.07, 6.45) is -5.41. The Kier molecular flexibility index (Phi) is 3.70. The van der Waals surface area contributed by atoms with E-state index in [4.69, 9.17) is 4.74 Å². The second-order valence-electron chi connectivity index (χ2n) is 3.29. The molecule has 0 radical (unpaired) electrons. The van der Waals surface area contributed by atoms with Crippen LogP contribution in [0.5, 0.6) is 0 Å². The van der Waals surface area contributed by atoms with Crippen LogP contribution in [0.2, 0.25) is 0 Å². The SMILES string of the molecule is COC(C)C(=O)c1ccccc1C(F)(F)F. The van der Waals surface area contributed by atoms with Gasteiger partial charge >= 0.3 is 6.18 Å². The van der Waals surface area contributed by atoms with Crippen LogP contribution in [0, 0.1) is 0 Å². The van der Waals surface area contributed by atoms with Gasteiger partial charge < -0.3 is 4.74 Å². The van der Waals surface area contributed by atoms with Gasteiger partial charge in [-0.2, -0.15) is 13.2 Å². The minimum Gasteiger partial charge on any atom is -0.374 e. The first-order chi connectivity index (χ1) is 7.38. The number of benzene rings is 1. The quantitative estimate of drug-likeness (QED) is 0.749. The molecule has 1 rings (SSSR count). The molecule has 1 unspecified atom stereocenters. The summed E-state index contributed by atoms with van der Waals surface area (Å²) in [6.45, 7) is 1.41. The van der Waals surface area contributed by atoms with E-state index >= 15 is 0 Å². The van der Waals surface area contributed by atoms with Crippen molar-refractivity contribution in [2.24, 2.45) is 0 Å². The van der Waals surface area contributed by atoms with Gasteiger partial charge in [0.25, 0.3) is 0 Å². The van der Waals surface area contributed by atoms with Crippen LogP contribution in [-0.4, -0.2) is 19.0 Å². The number of hydrogen-bond acceptors (Lipinski definition) is 2. The van der Waals surface area contributed by atoms with E-state index in [1.54, 1.807) is 0 Å². The molecule has 0 aliphatic rings. The molecular weight excluding hydrogens is 221 g/mol. The summed E-state index contributed by atoms with van der Waals surface area (Å²) in [5, 5.41) is 0. The van der Waals surface area contributed by atoms with E-state index in [1.165, 1.54) is 26.2 Å². The zero-order valence-corrected chi connectivity index (χ0v) is 8.84. The van der Waals surface area contributed by atoms with Gasteiger partial charge in [-0.1, -0.05) is 18.2 Å². The third-order valence-electron chi connectivity index (χ3n) is 2.22. The fourth-order valence-electron chi connectivity index (χ4n) is 1.27. The largest absolute Gasteiger partial charge is 0.417 e. The lowest BCUT2D eigenvalue weighted by Gasteiger charge is -2.14. The Labute approximate surface area is 91.0 Å². The molecule has 0 fully saturated rings. The number of Topliss-reactive ketones (excluding diaryl/α,β-unsaturated/α-hetero) is 1. The van der Waals surface area contributed by atoms with E-state index in [1.807, 2.05) is 0 Å². The van der Waals surface area contributed by atoms with Gasteiger partial charge in [0.15, 0.2) is 5.78 Å². The number of methoxy groups -OCH3 is 1. The van der Waals surface area contributed by atoms with Crippen molar-refractivity contribution in [3.63, 3.8) is 0 Å². The number of ketones is 1. The standard InChI is InChI=1S/C11H11F3O2/c1-7(16-2)10(15)8-5-3-4-6-9(8)11(12,13)14/h3-7H,1-2H3. The van der Waals surface area contributed by atoms with Gasteiger partial charge in [0.2, 0.25) is 0 Å². The monoisotopic (exact) mass is 232 g/mol. The third kappa shape index (κ3) is 2.61. The van der Waals surface area contributed by atoms with Crippen LogP contribution in [0.15, 0.2) is 24.3 Å². The molecule has 0 aliphatic heterocycles. The summed E-state index contributed by atoms with van der Waals surface area (Å²) in [4.78, 5) is 11.6. The van der Waals surface area contributed by atoms with Crippen LogP contribution in [0.25, 0.3) is 0 Å². The lowest BCUT2D eigenvalue weighted by molar-refractivity contribution is -0.138. The van der Waals surface area contributed by atoms with Crippen molar-refractivity contribution in [1.82, 2.24) is 0 Å². The molecule has 0 amide bonds. The molecular formula is C11H11F3O2. The first-order valence-electron chi connectivity index (χ1n) is 4.61. The molecule has 0 heterocycles. The third-order valence-corrected chi connectivity index (χ3v) is 2.22. The Balaban J connectivity index is 3.19. The maximum Gasteiger partial charge on any atom is 0.417 e. The molecule has 0 bridgehead atoms. The molecule has 0 N–H and O–H groups in total. The maximum absolute atomic E-state index is 12.6. The minimum atomic E-state index is -4.53. The van der Waals surface area contributed by atoms with Crippen LogP contribution in [-0.2, 0) is 10.9 Å². The smallest absolute Gasteiger partial charge is 0.374 e. The summed E-state index contributed by atoms with van der Waals surface area (Å²) in [5.41, 5.74) is -1.28. The maximum atomic E-state index is 12.6. The van der Waals surface area contributed by atoms with Crippen molar-refractivity contribution in [3.05, 3.63) is 35.4 Å². The molecule has 0 spiro atoms. The van der Waals surface area contributed by atoms with Crippen molar-refractivity contribution in [3.8, 4) is 0 Å². The fourth-order valence-corrected chi connectivity index (χ4v) is 1.27. The van der Waals surface area contributed by atoms with E-state index in [-0.39, 0.29) is 5.56 Å². The van der Waals surface area contributed by atoms with Crippen molar-refractivity contribution in [1.29, 1.82) is 0 Å². The average molecular weight is 232 g/mol. The van der Waals surface area contributed by atoms with Gasteiger partial charge in [0, 0.05) is 12.7 Å². The first-order valence-corrected chi connectivity index (χ1v) is 4.61. The highest BCUT2D eigenvalue weighted by atomic mass is 19.4. The lowest BCUT2D eigenvalue weighted by Crippen LogP contribution is -2.22. The number of halogens is 3. The Bertz CT molecular complexity index is 385. The van der Waals surface area contributed by atoms with Crippen LogP contribution in [0.3, 0.4) is 0 Å². The highest BCUT2D eigenvalue weighted by Gasteiger charge is 2.35. The molecule has 0 saturated heterocycles. The molecule has 5 heteroatoms. The summed E-state index contributed by atoms with van der Waals surface area (Å²) in [6, 6.07) is 4.68. The molecule has 1 atom stereocenters. The normalized spacial score (nSPS) is 13.6. The Morgan fingerprint density at radius 1 is 1.31 bits per heavy atom. The zero-order chi connectivity index (χ0) is 12.3. The molecule has 1 aromatic carbocycles. The molecule has 88 valence electrons. The molecule has 1 aromatic rings. The van der Waals surface area contributed by atoms with Crippen molar-refractivity contribution >= 4 is 5.78 Å². The number of ether oxygens (including phenoxy) is 1. The van der Waals surface area contributed by atoms with Crippen molar-refractivity contribution in [2.45, 2.75) is 19.2 Å². The molecule has 16 heavy (non-hydrogen) atoms. The van der Waals surface area contributed by atoms with E-state index in [0.29, 0.717) is 0 Å². The van der Waals surface area contributed by atoms with Crippen LogP contribution in [0.4, 0.5) is 13.2 Å². The molecule has 0 aromatic heterocycles. The number of alkyl halides is 3. The van der Waals surface area contributed by atoms with Crippen LogP contribution < -0.4 is 0 Å². The average Bonchev–Trinajstić information content (AvgIpc) is 2.26. The topological polar surface area (TPSA) is 26.3 Å². The second kappa shape index (κ2) is 4.65. The fraction of sp³-hybridized carbons (Fsp3) is 0.364. The van der Waals surface area contributed by atoms with Crippen molar-refractivity contribution < 1.29 is 22.7 Å². The van der Waals surface area contributed by atoms with Crippen molar-refractivity contribution in [2.75, 3.05) is 7.11 Å². The number of carbonyl (C=O) groups excluding carboxylic acids is 1. The van der Waals surface area contributed by atoms with Gasteiger partial charge in [-0.15, -0.1) is 0 Å². The van der Waals surface area contributed by atoms with E-state index in [9.17, 15) is 18.0 Å². The van der Waals surface area contributed by atoms with Crippen LogP contribution in [0.1, 0.15) is 22.8 Å².